The molecule has 0 saturated heterocycles. The topological polar surface area (TPSA) is 17.1 Å². The van der Waals surface area contributed by atoms with E-state index in [1.54, 1.807) is 6.92 Å². The Labute approximate surface area is 96.9 Å². The standard InChI is InChI=1S/C13H22F2O/c1-3-4-5-6-7-8-9-11(2)10-12(16)13(14)15/h10,13H,3-9H2,1-2H3/b11-10+. The van der Waals surface area contributed by atoms with Crippen molar-refractivity contribution in [2.75, 3.05) is 0 Å². The molecule has 0 fully saturated rings. The number of halogens is 2. The van der Waals surface area contributed by atoms with Crippen LogP contribution < -0.4 is 0 Å². The summed E-state index contributed by atoms with van der Waals surface area (Å²) in [6.45, 7) is 3.91. The van der Waals surface area contributed by atoms with Gasteiger partial charge in [0, 0.05) is 0 Å². The maximum absolute atomic E-state index is 11.9. The van der Waals surface area contributed by atoms with Gasteiger partial charge in [0.05, 0.1) is 0 Å². The molecule has 0 unspecified atom stereocenters. The van der Waals surface area contributed by atoms with Crippen LogP contribution in [0.5, 0.6) is 0 Å². The van der Waals surface area contributed by atoms with Crippen LogP contribution >= 0.6 is 0 Å². The minimum Gasteiger partial charge on any atom is -0.288 e. The van der Waals surface area contributed by atoms with E-state index in [0.717, 1.165) is 30.9 Å². The fourth-order valence-electron chi connectivity index (χ4n) is 1.56. The van der Waals surface area contributed by atoms with E-state index < -0.39 is 12.2 Å². The monoisotopic (exact) mass is 232 g/mol. The summed E-state index contributed by atoms with van der Waals surface area (Å²) in [6, 6.07) is 0. The number of carbonyl (C=O) groups is 1. The molecule has 0 radical (unpaired) electrons. The summed E-state index contributed by atoms with van der Waals surface area (Å²) in [7, 11) is 0. The van der Waals surface area contributed by atoms with Crippen molar-refractivity contribution in [1.29, 1.82) is 0 Å². The van der Waals surface area contributed by atoms with Crippen LogP contribution in [-0.4, -0.2) is 12.2 Å². The predicted molar refractivity (Wildman–Crippen MR) is 62.8 cm³/mol. The van der Waals surface area contributed by atoms with Gasteiger partial charge in [-0.25, -0.2) is 8.78 Å². The molecule has 3 heteroatoms. The highest BCUT2D eigenvalue weighted by Gasteiger charge is 2.11. The first kappa shape index (κ1) is 15.3. The maximum atomic E-state index is 11.9. The van der Waals surface area contributed by atoms with Crippen LogP contribution in [0.15, 0.2) is 11.6 Å². The largest absolute Gasteiger partial charge is 0.299 e. The van der Waals surface area contributed by atoms with Crippen LogP contribution in [0, 0.1) is 0 Å². The molecule has 0 amide bonds. The first-order valence-electron chi connectivity index (χ1n) is 6.07. The Balaban J connectivity index is 3.57. The van der Waals surface area contributed by atoms with E-state index in [9.17, 15) is 13.6 Å². The quantitative estimate of drug-likeness (QED) is 0.422. The predicted octanol–water partition coefficient (Wildman–Crippen LogP) is 4.52. The van der Waals surface area contributed by atoms with Gasteiger partial charge in [-0.1, -0.05) is 44.6 Å². The summed E-state index contributed by atoms with van der Waals surface area (Å²) in [5.41, 5.74) is 0.765. The SMILES string of the molecule is CCCCCCCC/C(C)=C/C(=O)C(F)F. The van der Waals surface area contributed by atoms with E-state index in [1.165, 1.54) is 25.7 Å². The third-order valence-electron chi connectivity index (χ3n) is 2.53. The second-order valence-corrected chi connectivity index (χ2v) is 4.21. The molecular formula is C13H22F2O. The summed E-state index contributed by atoms with van der Waals surface area (Å²) < 4.78 is 23.8. The van der Waals surface area contributed by atoms with Crippen molar-refractivity contribution >= 4 is 5.78 Å². The number of alkyl halides is 2. The van der Waals surface area contributed by atoms with Gasteiger partial charge in [0.15, 0.2) is 0 Å². The number of rotatable bonds is 9. The molecule has 0 aromatic carbocycles. The third-order valence-corrected chi connectivity index (χ3v) is 2.53. The molecular weight excluding hydrogens is 210 g/mol. The number of unbranched alkanes of at least 4 members (excludes halogenated alkanes) is 5. The van der Waals surface area contributed by atoms with E-state index in [-0.39, 0.29) is 0 Å². The highest BCUT2D eigenvalue weighted by Crippen LogP contribution is 2.12. The van der Waals surface area contributed by atoms with Gasteiger partial charge in [-0.3, -0.25) is 4.79 Å². The van der Waals surface area contributed by atoms with Crippen LogP contribution in [-0.2, 0) is 4.79 Å². The lowest BCUT2D eigenvalue weighted by Gasteiger charge is -2.01. The summed E-state index contributed by atoms with van der Waals surface area (Å²) >= 11 is 0. The maximum Gasteiger partial charge on any atom is 0.299 e. The summed E-state index contributed by atoms with van der Waals surface area (Å²) in [4.78, 5) is 10.7. The molecule has 0 heterocycles. The zero-order valence-electron chi connectivity index (χ0n) is 10.3. The van der Waals surface area contributed by atoms with Gasteiger partial charge in [-0.05, 0) is 25.8 Å². The van der Waals surface area contributed by atoms with Gasteiger partial charge in [-0.2, -0.15) is 0 Å². The van der Waals surface area contributed by atoms with Crippen LogP contribution in [0.4, 0.5) is 8.78 Å². The Bertz CT molecular complexity index is 222. The van der Waals surface area contributed by atoms with Crippen molar-refractivity contribution in [2.45, 2.75) is 65.2 Å². The second kappa shape index (κ2) is 9.49. The van der Waals surface area contributed by atoms with Crippen molar-refractivity contribution in [1.82, 2.24) is 0 Å². The molecule has 94 valence electrons. The van der Waals surface area contributed by atoms with Crippen molar-refractivity contribution in [3.8, 4) is 0 Å². The van der Waals surface area contributed by atoms with Crippen molar-refractivity contribution in [3.63, 3.8) is 0 Å². The molecule has 0 spiro atoms. The zero-order chi connectivity index (χ0) is 12.4. The Morgan fingerprint density at radius 2 is 1.69 bits per heavy atom. The average molecular weight is 232 g/mol. The summed E-state index contributed by atoms with van der Waals surface area (Å²) in [5, 5.41) is 0. The minimum absolute atomic E-state index is 0.755. The van der Waals surface area contributed by atoms with Crippen molar-refractivity contribution in [2.24, 2.45) is 0 Å². The van der Waals surface area contributed by atoms with Crippen LogP contribution in [0.25, 0.3) is 0 Å². The minimum atomic E-state index is -2.86. The van der Waals surface area contributed by atoms with Gasteiger partial charge in [0.1, 0.15) is 0 Å². The molecule has 0 aromatic rings. The number of allylic oxidation sites excluding steroid dienone is 2. The number of hydrogen-bond donors (Lipinski definition) is 0. The normalized spacial score (nSPS) is 12.2. The molecule has 16 heavy (non-hydrogen) atoms. The zero-order valence-corrected chi connectivity index (χ0v) is 10.3. The molecule has 1 nitrogen and oxygen atoms in total. The molecule has 0 aliphatic rings. The molecule has 0 N–H and O–H groups in total. The summed E-state index contributed by atoms with van der Waals surface area (Å²) in [5.74, 6) is -1.07. The number of hydrogen-bond acceptors (Lipinski definition) is 1. The lowest BCUT2D eigenvalue weighted by Crippen LogP contribution is -2.06. The smallest absolute Gasteiger partial charge is 0.288 e. The van der Waals surface area contributed by atoms with E-state index in [1.807, 2.05) is 0 Å². The lowest BCUT2D eigenvalue weighted by atomic mass is 10.1. The lowest BCUT2D eigenvalue weighted by molar-refractivity contribution is -0.124. The van der Waals surface area contributed by atoms with E-state index in [4.69, 9.17) is 0 Å². The van der Waals surface area contributed by atoms with Gasteiger partial charge < -0.3 is 0 Å². The first-order valence-corrected chi connectivity index (χ1v) is 6.07. The Morgan fingerprint density at radius 3 is 2.25 bits per heavy atom. The van der Waals surface area contributed by atoms with Gasteiger partial charge >= 0.3 is 0 Å². The van der Waals surface area contributed by atoms with Crippen LogP contribution in [0.1, 0.15) is 58.8 Å². The number of carbonyl (C=O) groups excluding carboxylic acids is 1. The van der Waals surface area contributed by atoms with Crippen molar-refractivity contribution < 1.29 is 13.6 Å². The third kappa shape index (κ3) is 8.57. The highest BCUT2D eigenvalue weighted by molar-refractivity contribution is 5.92. The molecule has 0 aliphatic heterocycles. The van der Waals surface area contributed by atoms with Gasteiger partial charge in [-0.15, -0.1) is 0 Å². The van der Waals surface area contributed by atoms with Crippen molar-refractivity contribution in [3.05, 3.63) is 11.6 Å². The molecule has 0 aromatic heterocycles. The van der Waals surface area contributed by atoms with E-state index in [2.05, 4.69) is 6.92 Å². The number of ketones is 1. The Hall–Kier alpha value is -0.730. The van der Waals surface area contributed by atoms with E-state index in [0.29, 0.717) is 0 Å². The highest BCUT2D eigenvalue weighted by atomic mass is 19.3. The Kier molecular flexibility index (Phi) is 9.06. The van der Waals surface area contributed by atoms with Crippen LogP contribution in [0.2, 0.25) is 0 Å². The van der Waals surface area contributed by atoms with Crippen LogP contribution in [0.3, 0.4) is 0 Å². The van der Waals surface area contributed by atoms with E-state index >= 15 is 0 Å². The first-order chi connectivity index (χ1) is 7.57. The molecule has 0 atom stereocenters. The summed E-state index contributed by atoms with van der Waals surface area (Å²) in [6.07, 6.45) is 6.01. The molecule has 0 rings (SSSR count). The van der Waals surface area contributed by atoms with Gasteiger partial charge in [0.25, 0.3) is 6.43 Å². The Morgan fingerprint density at radius 1 is 1.12 bits per heavy atom. The fourth-order valence-corrected chi connectivity index (χ4v) is 1.56. The molecule has 0 aliphatic carbocycles. The average Bonchev–Trinajstić information content (AvgIpc) is 2.23. The fraction of sp³-hybridized carbons (Fsp3) is 0.769. The molecule has 0 bridgehead atoms. The van der Waals surface area contributed by atoms with Gasteiger partial charge in [0.2, 0.25) is 5.78 Å². The molecule has 0 saturated carbocycles. The second-order valence-electron chi connectivity index (χ2n) is 4.21.